The average molecular weight is 346 g/mol. The third-order valence-electron chi connectivity index (χ3n) is 4.43. The van der Waals surface area contributed by atoms with Crippen LogP contribution < -0.4 is 4.90 Å². The first-order valence-electron chi connectivity index (χ1n) is 7.99. The second-order valence-electron chi connectivity index (χ2n) is 6.18. The van der Waals surface area contributed by atoms with Gasteiger partial charge in [0, 0.05) is 12.6 Å². The molecule has 2 aliphatic heterocycles. The molecular weight excluding hydrogens is 328 g/mol. The summed E-state index contributed by atoms with van der Waals surface area (Å²) in [5.74, 6) is -0.319. The Morgan fingerprint density at radius 3 is 3.04 bits per heavy atom. The van der Waals surface area contributed by atoms with Gasteiger partial charge >= 0.3 is 0 Å². The number of nitrogens with zero attached hydrogens (tertiary/aromatic N) is 3. The van der Waals surface area contributed by atoms with Gasteiger partial charge in [0.25, 0.3) is 11.8 Å². The summed E-state index contributed by atoms with van der Waals surface area (Å²) in [6, 6.07) is 1.72. The first kappa shape index (κ1) is 15.9. The summed E-state index contributed by atoms with van der Waals surface area (Å²) in [6.45, 7) is 1.71. The lowest BCUT2D eigenvalue weighted by Crippen LogP contribution is -2.61. The van der Waals surface area contributed by atoms with Crippen LogP contribution in [0, 0.1) is 0 Å². The van der Waals surface area contributed by atoms with E-state index in [2.05, 4.69) is 9.97 Å². The van der Waals surface area contributed by atoms with E-state index in [0.717, 1.165) is 0 Å². The van der Waals surface area contributed by atoms with Gasteiger partial charge < -0.3 is 28.7 Å². The number of aromatic nitrogens is 2. The van der Waals surface area contributed by atoms with Crippen molar-refractivity contribution in [3.8, 4) is 0 Å². The molecule has 1 atom stereocenters. The number of carbonyl (C=O) groups is 2. The number of morpholine rings is 1. The standard InChI is InChI=1S/C16H18N4O5/c21-14-7-25-16(9-20(14)12-1-3-23-6-12)8-19(2-4-24-10-16)15(22)13-5-17-11-18-13/h1,3,5-6,11H,2,4,7-10H2,(H,17,18). The Labute approximate surface area is 143 Å². The van der Waals surface area contributed by atoms with Crippen LogP contribution in [-0.4, -0.2) is 71.7 Å². The van der Waals surface area contributed by atoms with Gasteiger partial charge in [0.05, 0.1) is 50.8 Å². The molecule has 1 spiro atoms. The van der Waals surface area contributed by atoms with Crippen molar-refractivity contribution in [1.29, 1.82) is 0 Å². The molecule has 132 valence electrons. The number of ether oxygens (including phenoxy) is 2. The molecule has 0 bridgehead atoms. The molecule has 2 fully saturated rings. The summed E-state index contributed by atoms with van der Waals surface area (Å²) < 4.78 is 16.6. The summed E-state index contributed by atoms with van der Waals surface area (Å²) in [5, 5.41) is 0. The smallest absolute Gasteiger partial charge is 0.272 e. The lowest BCUT2D eigenvalue weighted by molar-refractivity contribution is -0.145. The van der Waals surface area contributed by atoms with Gasteiger partial charge in [0.2, 0.25) is 0 Å². The number of furan rings is 1. The van der Waals surface area contributed by atoms with E-state index in [1.165, 1.54) is 25.1 Å². The predicted octanol–water partition coefficient (Wildman–Crippen LogP) is 0.277. The van der Waals surface area contributed by atoms with Crippen LogP contribution in [0.5, 0.6) is 0 Å². The fourth-order valence-corrected chi connectivity index (χ4v) is 3.17. The van der Waals surface area contributed by atoms with Gasteiger partial charge in [-0.1, -0.05) is 0 Å². The Morgan fingerprint density at radius 1 is 1.36 bits per heavy atom. The van der Waals surface area contributed by atoms with Gasteiger partial charge in [0.15, 0.2) is 0 Å². The van der Waals surface area contributed by atoms with E-state index in [1.807, 2.05) is 0 Å². The highest BCUT2D eigenvalue weighted by molar-refractivity contribution is 5.95. The predicted molar refractivity (Wildman–Crippen MR) is 85.1 cm³/mol. The topological polar surface area (TPSA) is 101 Å². The van der Waals surface area contributed by atoms with Crippen LogP contribution in [0.4, 0.5) is 5.69 Å². The van der Waals surface area contributed by atoms with Crippen molar-refractivity contribution in [3.63, 3.8) is 0 Å². The first-order chi connectivity index (χ1) is 12.2. The van der Waals surface area contributed by atoms with Crippen molar-refractivity contribution >= 4 is 17.5 Å². The molecule has 2 saturated heterocycles. The zero-order valence-electron chi connectivity index (χ0n) is 13.5. The zero-order chi connectivity index (χ0) is 17.3. The number of aromatic amines is 1. The van der Waals surface area contributed by atoms with Gasteiger partial charge in [-0.2, -0.15) is 0 Å². The van der Waals surface area contributed by atoms with E-state index in [9.17, 15) is 9.59 Å². The number of imidazole rings is 1. The number of nitrogens with one attached hydrogen (secondary N) is 1. The fraction of sp³-hybridized carbons (Fsp3) is 0.438. The largest absolute Gasteiger partial charge is 0.470 e. The molecule has 2 amide bonds. The van der Waals surface area contributed by atoms with Crippen LogP contribution in [0.3, 0.4) is 0 Å². The lowest BCUT2D eigenvalue weighted by atomic mass is 10.0. The summed E-state index contributed by atoms with van der Waals surface area (Å²) >= 11 is 0. The fourth-order valence-electron chi connectivity index (χ4n) is 3.17. The molecule has 9 heteroatoms. The third kappa shape index (κ3) is 3.03. The van der Waals surface area contributed by atoms with Crippen LogP contribution in [-0.2, 0) is 14.3 Å². The van der Waals surface area contributed by atoms with Crippen molar-refractivity contribution in [1.82, 2.24) is 14.9 Å². The van der Waals surface area contributed by atoms with E-state index in [4.69, 9.17) is 13.9 Å². The van der Waals surface area contributed by atoms with Crippen LogP contribution in [0.2, 0.25) is 0 Å². The summed E-state index contributed by atoms with van der Waals surface area (Å²) in [4.78, 5) is 34.9. The molecule has 25 heavy (non-hydrogen) atoms. The molecule has 0 aliphatic carbocycles. The third-order valence-corrected chi connectivity index (χ3v) is 4.43. The van der Waals surface area contributed by atoms with Gasteiger partial charge in [-0.3, -0.25) is 9.59 Å². The second kappa shape index (κ2) is 6.34. The van der Waals surface area contributed by atoms with Gasteiger partial charge in [-0.05, 0) is 0 Å². The Bertz CT molecular complexity index is 745. The highest BCUT2D eigenvalue weighted by Crippen LogP contribution is 2.27. The zero-order valence-corrected chi connectivity index (χ0v) is 13.5. The molecule has 0 saturated carbocycles. The van der Waals surface area contributed by atoms with E-state index in [1.54, 1.807) is 15.9 Å². The average Bonchev–Trinajstić information content (AvgIpc) is 3.30. The minimum atomic E-state index is -0.780. The number of rotatable bonds is 2. The number of hydrogen-bond donors (Lipinski definition) is 1. The van der Waals surface area contributed by atoms with Crippen LogP contribution >= 0.6 is 0 Å². The second-order valence-corrected chi connectivity index (χ2v) is 6.18. The minimum absolute atomic E-state index is 0.0688. The first-order valence-corrected chi connectivity index (χ1v) is 7.99. The number of hydrogen-bond acceptors (Lipinski definition) is 6. The Morgan fingerprint density at radius 2 is 2.28 bits per heavy atom. The molecule has 2 aliphatic rings. The molecule has 9 nitrogen and oxygen atoms in total. The van der Waals surface area contributed by atoms with E-state index in [0.29, 0.717) is 37.7 Å². The molecule has 1 N–H and O–H groups in total. The maximum absolute atomic E-state index is 12.7. The Hall–Kier alpha value is -2.65. The summed E-state index contributed by atoms with van der Waals surface area (Å²) in [5.41, 5.74) is 0.302. The summed E-state index contributed by atoms with van der Waals surface area (Å²) in [6.07, 6.45) is 5.99. The maximum atomic E-state index is 12.7. The number of anilines is 1. The highest BCUT2D eigenvalue weighted by atomic mass is 16.6. The van der Waals surface area contributed by atoms with Crippen molar-refractivity contribution in [2.24, 2.45) is 0 Å². The molecule has 4 heterocycles. The van der Waals surface area contributed by atoms with E-state index < -0.39 is 5.60 Å². The Balaban J connectivity index is 1.57. The molecule has 2 aromatic heterocycles. The number of amides is 2. The lowest BCUT2D eigenvalue weighted by Gasteiger charge is -2.42. The van der Waals surface area contributed by atoms with Crippen molar-refractivity contribution in [2.45, 2.75) is 5.60 Å². The van der Waals surface area contributed by atoms with Crippen LogP contribution in [0.1, 0.15) is 10.5 Å². The molecule has 1 unspecified atom stereocenters. The minimum Gasteiger partial charge on any atom is -0.470 e. The van der Waals surface area contributed by atoms with Crippen molar-refractivity contribution in [3.05, 3.63) is 36.8 Å². The Kier molecular flexibility index (Phi) is 4.02. The maximum Gasteiger partial charge on any atom is 0.272 e. The quantitative estimate of drug-likeness (QED) is 0.838. The summed E-state index contributed by atoms with van der Waals surface area (Å²) in [7, 11) is 0. The molecule has 0 radical (unpaired) electrons. The van der Waals surface area contributed by atoms with E-state index >= 15 is 0 Å². The van der Waals surface area contributed by atoms with Crippen molar-refractivity contribution < 1.29 is 23.5 Å². The molecule has 2 aromatic rings. The number of H-pyrrole nitrogens is 1. The SMILES string of the molecule is O=C(c1cnc[nH]1)N1CCOCC2(C1)CN(c1ccoc1)C(=O)CO2. The normalized spacial score (nSPS) is 24.6. The molecule has 0 aromatic carbocycles. The van der Waals surface area contributed by atoms with Gasteiger partial charge in [-0.25, -0.2) is 4.98 Å². The van der Waals surface area contributed by atoms with Gasteiger partial charge in [-0.15, -0.1) is 0 Å². The van der Waals surface area contributed by atoms with Crippen LogP contribution in [0.25, 0.3) is 0 Å². The highest BCUT2D eigenvalue weighted by Gasteiger charge is 2.44. The van der Waals surface area contributed by atoms with Crippen molar-refractivity contribution in [2.75, 3.05) is 44.4 Å². The molecular formula is C16H18N4O5. The monoisotopic (exact) mass is 346 g/mol. The van der Waals surface area contributed by atoms with Gasteiger partial charge in [0.1, 0.15) is 24.2 Å². The van der Waals surface area contributed by atoms with Crippen LogP contribution in [0.15, 0.2) is 35.5 Å². The van der Waals surface area contributed by atoms with E-state index in [-0.39, 0.29) is 25.0 Å². The molecule has 4 rings (SSSR count). The number of carbonyl (C=O) groups excluding carboxylic acids is 2.